The number of rotatable bonds is 5. The number of carbonyl (C=O) groups is 2. The van der Waals surface area contributed by atoms with Crippen LogP contribution < -0.4 is 10.6 Å². The number of nitrogens with zero attached hydrogens (tertiary/aromatic N) is 1. The minimum Gasteiger partial charge on any atom is -0.352 e. The Morgan fingerprint density at radius 1 is 1.29 bits per heavy atom. The summed E-state index contributed by atoms with van der Waals surface area (Å²) in [7, 11) is 1.65. The molecule has 0 aromatic heterocycles. The molecule has 0 bridgehead atoms. The van der Waals surface area contributed by atoms with E-state index < -0.39 is 0 Å². The Balaban J connectivity index is 2.23. The minimum absolute atomic E-state index is 0.0640. The van der Waals surface area contributed by atoms with Crippen molar-refractivity contribution in [3.05, 3.63) is 0 Å². The van der Waals surface area contributed by atoms with Gasteiger partial charge in [-0.3, -0.25) is 9.59 Å². The largest absolute Gasteiger partial charge is 0.352 e. The molecule has 1 fully saturated rings. The second-order valence-corrected chi connectivity index (χ2v) is 5.70. The quantitative estimate of drug-likeness (QED) is 0.718. The van der Waals surface area contributed by atoms with Crippen LogP contribution in [0.5, 0.6) is 0 Å². The maximum Gasteiger partial charge on any atom is 0.239 e. The monoisotopic (exact) mass is 241 g/mol. The van der Waals surface area contributed by atoms with Crippen LogP contribution >= 0.6 is 0 Å². The highest BCUT2D eigenvalue weighted by Crippen LogP contribution is 2.18. The highest BCUT2D eigenvalue weighted by Gasteiger charge is 2.24. The molecule has 17 heavy (non-hydrogen) atoms. The van der Waals surface area contributed by atoms with Gasteiger partial charge >= 0.3 is 0 Å². The summed E-state index contributed by atoms with van der Waals surface area (Å²) >= 11 is 0. The van der Waals surface area contributed by atoms with Crippen molar-refractivity contribution in [1.82, 2.24) is 15.5 Å². The minimum atomic E-state index is -0.0905. The third kappa shape index (κ3) is 6.26. The van der Waals surface area contributed by atoms with Gasteiger partial charge in [0.1, 0.15) is 0 Å². The Bertz CT molecular complexity index is 293. The number of hydrogen-bond acceptors (Lipinski definition) is 3. The predicted octanol–water partition coefficient (Wildman–Crippen LogP) is 0.112. The van der Waals surface area contributed by atoms with Crippen LogP contribution in [-0.2, 0) is 9.59 Å². The van der Waals surface area contributed by atoms with Gasteiger partial charge in [0.25, 0.3) is 0 Å². The second-order valence-electron chi connectivity index (χ2n) is 5.70. The molecule has 0 saturated heterocycles. The first-order chi connectivity index (χ1) is 7.78. The highest BCUT2D eigenvalue weighted by atomic mass is 16.2. The smallest absolute Gasteiger partial charge is 0.239 e. The fraction of sp³-hybridized carbons (Fsp3) is 0.833. The summed E-state index contributed by atoms with van der Waals surface area (Å²) in [6.07, 6.45) is 2.13. The Labute approximate surface area is 103 Å². The van der Waals surface area contributed by atoms with E-state index >= 15 is 0 Å². The highest BCUT2D eigenvalue weighted by molar-refractivity contribution is 5.85. The van der Waals surface area contributed by atoms with E-state index in [2.05, 4.69) is 10.6 Å². The second kappa shape index (κ2) is 5.49. The van der Waals surface area contributed by atoms with E-state index in [0.717, 1.165) is 12.8 Å². The molecular weight excluding hydrogens is 218 g/mol. The summed E-state index contributed by atoms with van der Waals surface area (Å²) < 4.78 is 0. The average Bonchev–Trinajstić information content (AvgIpc) is 2.96. The van der Waals surface area contributed by atoms with Crippen LogP contribution in [0.15, 0.2) is 0 Å². The van der Waals surface area contributed by atoms with Crippen molar-refractivity contribution >= 4 is 11.8 Å². The van der Waals surface area contributed by atoms with Gasteiger partial charge in [0, 0.05) is 18.6 Å². The number of amides is 2. The van der Waals surface area contributed by atoms with E-state index in [1.54, 1.807) is 7.05 Å². The maximum atomic E-state index is 11.7. The van der Waals surface area contributed by atoms with Crippen molar-refractivity contribution in [1.29, 1.82) is 0 Å². The first-order valence-electron chi connectivity index (χ1n) is 6.06. The third-order valence-corrected chi connectivity index (χ3v) is 2.52. The van der Waals surface area contributed by atoms with Crippen LogP contribution in [0.25, 0.3) is 0 Å². The van der Waals surface area contributed by atoms with Gasteiger partial charge in [-0.25, -0.2) is 0 Å². The molecule has 0 spiro atoms. The molecule has 0 heterocycles. The Kier molecular flexibility index (Phi) is 4.51. The van der Waals surface area contributed by atoms with Crippen LogP contribution in [0.1, 0.15) is 33.6 Å². The molecule has 1 saturated carbocycles. The van der Waals surface area contributed by atoms with E-state index in [0.29, 0.717) is 6.04 Å². The van der Waals surface area contributed by atoms with Crippen molar-refractivity contribution in [3.63, 3.8) is 0 Å². The number of hydrogen-bond donors (Lipinski definition) is 2. The lowest BCUT2D eigenvalue weighted by molar-refractivity contribution is -0.134. The molecule has 0 radical (unpaired) electrons. The molecule has 2 amide bonds. The fourth-order valence-electron chi connectivity index (χ4n) is 1.28. The van der Waals surface area contributed by atoms with E-state index in [-0.39, 0.29) is 30.4 Å². The van der Waals surface area contributed by atoms with Crippen molar-refractivity contribution in [2.24, 2.45) is 0 Å². The Morgan fingerprint density at radius 2 is 1.88 bits per heavy atom. The van der Waals surface area contributed by atoms with Gasteiger partial charge in [0.2, 0.25) is 11.8 Å². The average molecular weight is 241 g/mol. The molecule has 0 unspecified atom stereocenters. The van der Waals surface area contributed by atoms with Gasteiger partial charge in [-0.15, -0.1) is 0 Å². The molecule has 0 atom stereocenters. The zero-order valence-corrected chi connectivity index (χ0v) is 11.2. The molecule has 98 valence electrons. The molecule has 5 heteroatoms. The molecule has 5 nitrogen and oxygen atoms in total. The number of nitrogens with one attached hydrogen (secondary N) is 2. The first kappa shape index (κ1) is 14.0. The molecular formula is C12H23N3O2. The van der Waals surface area contributed by atoms with Crippen molar-refractivity contribution in [2.45, 2.75) is 45.2 Å². The SMILES string of the molecule is CN(CC(=O)NC1CC1)C(=O)CNC(C)(C)C. The van der Waals surface area contributed by atoms with Crippen LogP contribution in [0.2, 0.25) is 0 Å². The molecule has 1 rings (SSSR count). The molecule has 0 aliphatic heterocycles. The Hall–Kier alpha value is -1.10. The van der Waals surface area contributed by atoms with E-state index in [4.69, 9.17) is 0 Å². The molecule has 1 aliphatic rings. The summed E-state index contributed by atoms with van der Waals surface area (Å²) in [6.45, 7) is 6.40. The maximum absolute atomic E-state index is 11.7. The third-order valence-electron chi connectivity index (χ3n) is 2.52. The number of carbonyl (C=O) groups excluding carboxylic acids is 2. The van der Waals surface area contributed by atoms with E-state index in [1.165, 1.54) is 4.90 Å². The van der Waals surface area contributed by atoms with Gasteiger partial charge in [-0.05, 0) is 33.6 Å². The molecule has 0 aromatic rings. The van der Waals surface area contributed by atoms with Crippen LogP contribution in [-0.4, -0.2) is 48.4 Å². The van der Waals surface area contributed by atoms with E-state index in [9.17, 15) is 9.59 Å². The molecule has 1 aliphatic carbocycles. The standard InChI is InChI=1S/C12H23N3O2/c1-12(2,3)13-7-11(17)15(4)8-10(16)14-9-5-6-9/h9,13H,5-8H2,1-4H3,(H,14,16). The van der Waals surface area contributed by atoms with E-state index in [1.807, 2.05) is 20.8 Å². The van der Waals surface area contributed by atoms with Crippen molar-refractivity contribution in [3.8, 4) is 0 Å². The van der Waals surface area contributed by atoms with Gasteiger partial charge in [-0.2, -0.15) is 0 Å². The normalized spacial score (nSPS) is 15.5. The summed E-state index contributed by atoms with van der Waals surface area (Å²) in [5, 5.41) is 5.96. The van der Waals surface area contributed by atoms with Gasteiger partial charge < -0.3 is 15.5 Å². The fourth-order valence-corrected chi connectivity index (χ4v) is 1.28. The summed E-state index contributed by atoms with van der Waals surface area (Å²) in [4.78, 5) is 24.6. The zero-order valence-electron chi connectivity index (χ0n) is 11.2. The van der Waals surface area contributed by atoms with Crippen molar-refractivity contribution in [2.75, 3.05) is 20.1 Å². The Morgan fingerprint density at radius 3 is 2.35 bits per heavy atom. The first-order valence-corrected chi connectivity index (χ1v) is 6.06. The predicted molar refractivity (Wildman–Crippen MR) is 66.6 cm³/mol. The lowest BCUT2D eigenvalue weighted by Crippen LogP contribution is -2.46. The number of likely N-dealkylation sites (N-methyl/N-ethyl adjacent to an activating group) is 1. The van der Waals surface area contributed by atoms with Crippen LogP contribution in [0.4, 0.5) is 0 Å². The van der Waals surface area contributed by atoms with Crippen molar-refractivity contribution < 1.29 is 9.59 Å². The van der Waals surface area contributed by atoms with Gasteiger partial charge in [-0.1, -0.05) is 0 Å². The topological polar surface area (TPSA) is 61.4 Å². The van der Waals surface area contributed by atoms with Gasteiger partial charge in [0.05, 0.1) is 13.1 Å². The summed E-state index contributed by atoms with van der Waals surface area (Å²) in [6, 6.07) is 0.346. The lowest BCUT2D eigenvalue weighted by Gasteiger charge is -2.23. The summed E-state index contributed by atoms with van der Waals surface area (Å²) in [5.74, 6) is -0.134. The van der Waals surface area contributed by atoms with Gasteiger partial charge in [0.15, 0.2) is 0 Å². The zero-order chi connectivity index (χ0) is 13.1. The lowest BCUT2D eigenvalue weighted by atomic mass is 10.1. The molecule has 2 N–H and O–H groups in total. The van der Waals surface area contributed by atoms with Crippen LogP contribution in [0, 0.1) is 0 Å². The summed E-state index contributed by atoms with van der Waals surface area (Å²) in [5.41, 5.74) is -0.0905. The van der Waals surface area contributed by atoms with Crippen LogP contribution in [0.3, 0.4) is 0 Å². The molecule has 0 aromatic carbocycles.